The monoisotopic (exact) mass is 237 g/mol. The van der Waals surface area contributed by atoms with E-state index in [-0.39, 0.29) is 5.84 Å². The molecule has 0 fully saturated rings. The third-order valence-electron chi connectivity index (χ3n) is 1.94. The van der Waals surface area contributed by atoms with Crippen LogP contribution in [0.1, 0.15) is 5.82 Å². The van der Waals surface area contributed by atoms with Gasteiger partial charge >= 0.3 is 0 Å². The molecule has 7 heteroatoms. The first-order chi connectivity index (χ1) is 7.72. The van der Waals surface area contributed by atoms with Crippen LogP contribution in [0, 0.1) is 0 Å². The lowest BCUT2D eigenvalue weighted by Crippen LogP contribution is -2.19. The minimum absolute atomic E-state index is 0.0817. The van der Waals surface area contributed by atoms with Gasteiger partial charge in [0.15, 0.2) is 5.82 Å². The maximum Gasteiger partial charge on any atom is 0.206 e. The summed E-state index contributed by atoms with van der Waals surface area (Å²) in [4.78, 5) is 8.06. The van der Waals surface area contributed by atoms with Crippen LogP contribution in [0.25, 0.3) is 5.82 Å². The van der Waals surface area contributed by atoms with E-state index in [2.05, 4.69) is 15.1 Å². The van der Waals surface area contributed by atoms with Crippen molar-refractivity contribution < 1.29 is 5.21 Å². The number of halogens is 1. The fourth-order valence-electron chi connectivity index (χ4n) is 1.23. The zero-order chi connectivity index (χ0) is 11.5. The van der Waals surface area contributed by atoms with E-state index < -0.39 is 0 Å². The normalized spacial score (nSPS) is 11.7. The third kappa shape index (κ3) is 1.82. The first kappa shape index (κ1) is 10.4. The highest BCUT2D eigenvalue weighted by Gasteiger charge is 2.09. The van der Waals surface area contributed by atoms with Gasteiger partial charge in [0.1, 0.15) is 5.82 Å². The molecule has 3 N–H and O–H groups in total. The van der Waals surface area contributed by atoms with Crippen molar-refractivity contribution in [1.29, 1.82) is 0 Å². The molecule has 2 aromatic heterocycles. The molecule has 0 aromatic carbocycles. The van der Waals surface area contributed by atoms with Gasteiger partial charge < -0.3 is 10.9 Å². The number of oxime groups is 1. The van der Waals surface area contributed by atoms with Crippen molar-refractivity contribution in [3.05, 3.63) is 41.6 Å². The van der Waals surface area contributed by atoms with E-state index in [9.17, 15) is 0 Å². The van der Waals surface area contributed by atoms with Gasteiger partial charge in [0, 0.05) is 18.6 Å². The fourth-order valence-corrected chi connectivity index (χ4v) is 1.34. The lowest BCUT2D eigenvalue weighted by atomic mass is 10.4. The standard InChI is InChI=1S/C9H8ClN5O/c10-6-1-2-7(13-5-6)15-4-3-12-9(15)8(11)14-16/h1-5,16H,(H2,11,14). The molecule has 0 aliphatic rings. The zero-order valence-electron chi connectivity index (χ0n) is 8.08. The van der Waals surface area contributed by atoms with Crippen LogP contribution >= 0.6 is 11.6 Å². The lowest BCUT2D eigenvalue weighted by molar-refractivity contribution is 0.318. The van der Waals surface area contributed by atoms with Gasteiger partial charge in [-0.3, -0.25) is 4.57 Å². The topological polar surface area (TPSA) is 89.3 Å². The Hall–Kier alpha value is -2.08. The number of amidine groups is 1. The Morgan fingerprint density at radius 2 is 2.25 bits per heavy atom. The van der Waals surface area contributed by atoms with Crippen molar-refractivity contribution in [2.24, 2.45) is 10.9 Å². The number of nitrogens with two attached hydrogens (primary N) is 1. The molecule has 6 nitrogen and oxygen atoms in total. The SMILES string of the molecule is NC(=NO)c1nccn1-c1ccc(Cl)cn1. The minimum Gasteiger partial charge on any atom is -0.409 e. The van der Waals surface area contributed by atoms with E-state index in [0.29, 0.717) is 16.7 Å². The molecule has 0 aliphatic heterocycles. The van der Waals surface area contributed by atoms with Crippen molar-refractivity contribution in [1.82, 2.24) is 14.5 Å². The molecule has 0 saturated heterocycles. The molecule has 0 radical (unpaired) electrons. The van der Waals surface area contributed by atoms with Crippen molar-refractivity contribution in [3.8, 4) is 5.82 Å². The Morgan fingerprint density at radius 3 is 2.88 bits per heavy atom. The lowest BCUT2D eigenvalue weighted by Gasteiger charge is -2.04. The van der Waals surface area contributed by atoms with Crippen LogP contribution in [0.2, 0.25) is 5.02 Å². The molecule has 0 saturated carbocycles. The highest BCUT2D eigenvalue weighted by molar-refractivity contribution is 6.30. The van der Waals surface area contributed by atoms with Crippen LogP contribution in [0.3, 0.4) is 0 Å². The predicted molar refractivity (Wildman–Crippen MR) is 58.9 cm³/mol. The van der Waals surface area contributed by atoms with Crippen LogP contribution < -0.4 is 5.73 Å². The molecule has 0 spiro atoms. The van der Waals surface area contributed by atoms with Crippen molar-refractivity contribution >= 4 is 17.4 Å². The highest BCUT2D eigenvalue weighted by atomic mass is 35.5. The van der Waals surface area contributed by atoms with Crippen LogP contribution in [-0.4, -0.2) is 25.6 Å². The summed E-state index contributed by atoms with van der Waals surface area (Å²) in [6, 6.07) is 3.40. The molecule has 2 aromatic rings. The Balaban J connectivity index is 2.49. The quantitative estimate of drug-likeness (QED) is 0.353. The van der Waals surface area contributed by atoms with E-state index in [1.165, 1.54) is 12.4 Å². The summed E-state index contributed by atoms with van der Waals surface area (Å²) in [7, 11) is 0. The van der Waals surface area contributed by atoms with Gasteiger partial charge in [-0.15, -0.1) is 0 Å². The van der Waals surface area contributed by atoms with Crippen LogP contribution in [0.15, 0.2) is 35.9 Å². The van der Waals surface area contributed by atoms with Crippen molar-refractivity contribution in [3.63, 3.8) is 0 Å². The Labute approximate surface area is 96.0 Å². The Kier molecular flexibility index (Phi) is 2.74. The molecule has 0 bridgehead atoms. The van der Waals surface area contributed by atoms with Crippen molar-refractivity contribution in [2.45, 2.75) is 0 Å². The van der Waals surface area contributed by atoms with E-state index in [4.69, 9.17) is 22.5 Å². The number of hydrogen-bond acceptors (Lipinski definition) is 4. The smallest absolute Gasteiger partial charge is 0.206 e. The molecule has 16 heavy (non-hydrogen) atoms. The molecule has 0 aliphatic carbocycles. The van der Waals surface area contributed by atoms with E-state index in [0.717, 1.165) is 0 Å². The van der Waals surface area contributed by atoms with Crippen LogP contribution in [-0.2, 0) is 0 Å². The molecule has 0 amide bonds. The Bertz CT molecular complexity index is 519. The number of imidazole rings is 1. The van der Waals surface area contributed by atoms with Crippen LogP contribution in [0.4, 0.5) is 0 Å². The summed E-state index contributed by atoms with van der Waals surface area (Å²) in [6.07, 6.45) is 4.69. The largest absolute Gasteiger partial charge is 0.409 e. The first-order valence-electron chi connectivity index (χ1n) is 4.35. The highest BCUT2D eigenvalue weighted by Crippen LogP contribution is 2.11. The number of hydrogen-bond donors (Lipinski definition) is 2. The van der Waals surface area contributed by atoms with E-state index in [1.54, 1.807) is 22.9 Å². The molecule has 2 heterocycles. The summed E-state index contributed by atoms with van der Waals surface area (Å²) in [5, 5.41) is 12.0. The second kappa shape index (κ2) is 4.19. The van der Waals surface area contributed by atoms with Gasteiger partial charge in [-0.1, -0.05) is 16.8 Å². The van der Waals surface area contributed by atoms with Gasteiger partial charge in [-0.25, -0.2) is 9.97 Å². The van der Waals surface area contributed by atoms with Crippen molar-refractivity contribution in [2.75, 3.05) is 0 Å². The predicted octanol–water partition coefficient (Wildman–Crippen LogP) is 1.02. The molecule has 2 rings (SSSR count). The second-order valence-corrected chi connectivity index (χ2v) is 3.38. The molecule has 82 valence electrons. The van der Waals surface area contributed by atoms with E-state index in [1.807, 2.05) is 0 Å². The molecular formula is C9H8ClN5O. The molecule has 0 unspecified atom stereocenters. The summed E-state index contributed by atoms with van der Waals surface area (Å²) in [5.74, 6) is 0.822. The number of nitrogens with zero attached hydrogens (tertiary/aromatic N) is 4. The van der Waals surface area contributed by atoms with E-state index >= 15 is 0 Å². The number of pyridine rings is 1. The minimum atomic E-state index is -0.0817. The van der Waals surface area contributed by atoms with Gasteiger partial charge in [0.05, 0.1) is 5.02 Å². The average molecular weight is 238 g/mol. The van der Waals surface area contributed by atoms with Gasteiger partial charge in [-0.2, -0.15) is 0 Å². The van der Waals surface area contributed by atoms with Gasteiger partial charge in [0.2, 0.25) is 5.84 Å². The summed E-state index contributed by atoms with van der Waals surface area (Å²) >= 11 is 5.73. The molecule has 0 atom stereocenters. The second-order valence-electron chi connectivity index (χ2n) is 2.94. The maximum atomic E-state index is 8.59. The average Bonchev–Trinajstić information content (AvgIpc) is 2.78. The molecular weight excluding hydrogens is 230 g/mol. The maximum absolute atomic E-state index is 8.59. The zero-order valence-corrected chi connectivity index (χ0v) is 8.83. The number of rotatable bonds is 2. The van der Waals surface area contributed by atoms with Gasteiger partial charge in [-0.05, 0) is 12.1 Å². The summed E-state index contributed by atoms with van der Waals surface area (Å²) in [6.45, 7) is 0. The Morgan fingerprint density at radius 1 is 1.44 bits per heavy atom. The third-order valence-corrected chi connectivity index (χ3v) is 2.16. The summed E-state index contributed by atoms with van der Waals surface area (Å²) in [5.41, 5.74) is 5.47. The number of aromatic nitrogens is 3. The van der Waals surface area contributed by atoms with Crippen LogP contribution in [0.5, 0.6) is 0 Å². The van der Waals surface area contributed by atoms with Gasteiger partial charge in [0.25, 0.3) is 0 Å². The first-order valence-corrected chi connectivity index (χ1v) is 4.73. The fraction of sp³-hybridized carbons (Fsp3) is 0. The summed E-state index contributed by atoms with van der Waals surface area (Å²) < 4.78 is 1.59.